The highest BCUT2D eigenvalue weighted by molar-refractivity contribution is 7.89. The third-order valence-electron chi connectivity index (χ3n) is 4.48. The number of ether oxygens (including phenoxy) is 1. The van der Waals surface area contributed by atoms with Crippen LogP contribution in [-0.4, -0.2) is 81.7 Å². The molecule has 0 aromatic rings. The average molecular weight is 360 g/mol. The Morgan fingerprint density at radius 2 is 2.00 bits per heavy atom. The molecule has 2 rings (SSSR count). The lowest BCUT2D eigenvalue weighted by Crippen LogP contribution is -2.47. The maximum atomic E-state index is 11.8. The van der Waals surface area contributed by atoms with Gasteiger partial charge in [-0.15, -0.1) is 0 Å². The number of sulfonamides is 1. The van der Waals surface area contributed by atoms with Crippen LogP contribution < -0.4 is 5.32 Å². The number of likely N-dealkylation sites (tertiary alicyclic amines) is 1. The van der Waals surface area contributed by atoms with Crippen molar-refractivity contribution in [3.8, 4) is 0 Å². The van der Waals surface area contributed by atoms with Crippen molar-refractivity contribution in [1.82, 2.24) is 14.5 Å². The summed E-state index contributed by atoms with van der Waals surface area (Å²) in [6, 6.07) is 0. The third-order valence-corrected chi connectivity index (χ3v) is 6.43. The molecule has 0 aromatic heterocycles. The van der Waals surface area contributed by atoms with E-state index in [0.29, 0.717) is 26.1 Å². The van der Waals surface area contributed by atoms with Crippen LogP contribution in [0.15, 0.2) is 4.99 Å². The molecule has 0 saturated carbocycles. The lowest BCUT2D eigenvalue weighted by molar-refractivity contribution is -0.146. The summed E-state index contributed by atoms with van der Waals surface area (Å²) in [5.74, 6) is 0.856. The molecule has 0 aromatic carbocycles. The van der Waals surface area contributed by atoms with E-state index in [-0.39, 0.29) is 17.6 Å². The predicted octanol–water partition coefficient (Wildman–Crippen LogP) is -0.128. The number of aliphatic imine (C=N–C) groups is 1. The number of guanidine groups is 1. The van der Waals surface area contributed by atoms with Crippen LogP contribution in [0.1, 0.15) is 26.2 Å². The van der Waals surface area contributed by atoms with Crippen molar-refractivity contribution >= 4 is 22.0 Å². The summed E-state index contributed by atoms with van der Waals surface area (Å²) in [5.41, 5.74) is 0. The zero-order chi connectivity index (χ0) is 17.6. The topological polar surface area (TPSA) is 91.3 Å². The summed E-state index contributed by atoms with van der Waals surface area (Å²) >= 11 is 0. The monoisotopic (exact) mass is 360 g/mol. The van der Waals surface area contributed by atoms with Crippen LogP contribution in [-0.2, 0) is 19.6 Å². The molecule has 138 valence electrons. The SMILES string of the molecule is CCNC(=NCCN1CCCS1(=O)=O)N1CCC(C(=O)OC)CC1. The van der Waals surface area contributed by atoms with Crippen molar-refractivity contribution in [2.75, 3.05) is 52.1 Å². The number of hydrogen-bond acceptors (Lipinski definition) is 5. The Labute approximate surface area is 144 Å². The lowest BCUT2D eigenvalue weighted by atomic mass is 9.97. The van der Waals surface area contributed by atoms with Crippen molar-refractivity contribution in [2.24, 2.45) is 10.9 Å². The number of methoxy groups -OCH3 is 1. The van der Waals surface area contributed by atoms with Gasteiger partial charge in [0.25, 0.3) is 0 Å². The molecule has 2 fully saturated rings. The van der Waals surface area contributed by atoms with Crippen molar-refractivity contribution in [1.29, 1.82) is 0 Å². The fourth-order valence-corrected chi connectivity index (χ4v) is 4.65. The largest absolute Gasteiger partial charge is 0.469 e. The number of esters is 1. The van der Waals surface area contributed by atoms with Crippen LogP contribution in [0.3, 0.4) is 0 Å². The predicted molar refractivity (Wildman–Crippen MR) is 92.3 cm³/mol. The Morgan fingerprint density at radius 3 is 2.54 bits per heavy atom. The maximum Gasteiger partial charge on any atom is 0.308 e. The third kappa shape index (κ3) is 4.83. The Morgan fingerprint density at radius 1 is 1.29 bits per heavy atom. The molecule has 0 atom stereocenters. The van der Waals surface area contributed by atoms with Gasteiger partial charge in [-0.2, -0.15) is 0 Å². The molecule has 0 unspecified atom stereocenters. The smallest absolute Gasteiger partial charge is 0.308 e. The zero-order valence-corrected chi connectivity index (χ0v) is 15.3. The van der Waals surface area contributed by atoms with Crippen molar-refractivity contribution in [3.63, 3.8) is 0 Å². The van der Waals surface area contributed by atoms with E-state index in [2.05, 4.69) is 15.2 Å². The summed E-state index contributed by atoms with van der Waals surface area (Å²) in [7, 11) is -1.64. The normalized spacial score (nSPS) is 22.6. The lowest BCUT2D eigenvalue weighted by Gasteiger charge is -2.33. The van der Waals surface area contributed by atoms with Gasteiger partial charge in [0.1, 0.15) is 0 Å². The molecule has 0 spiro atoms. The van der Waals surface area contributed by atoms with Gasteiger partial charge in [0.05, 0.1) is 25.3 Å². The van der Waals surface area contributed by atoms with Gasteiger partial charge in [0.2, 0.25) is 10.0 Å². The Balaban J connectivity index is 1.88. The van der Waals surface area contributed by atoms with Gasteiger partial charge in [-0.05, 0) is 26.2 Å². The average Bonchev–Trinajstić information content (AvgIpc) is 2.92. The second-order valence-electron chi connectivity index (χ2n) is 6.09. The zero-order valence-electron chi connectivity index (χ0n) is 14.5. The first kappa shape index (κ1) is 19.0. The van der Waals surface area contributed by atoms with Crippen LogP contribution in [0.2, 0.25) is 0 Å². The van der Waals surface area contributed by atoms with E-state index >= 15 is 0 Å². The first-order chi connectivity index (χ1) is 11.5. The van der Waals surface area contributed by atoms with E-state index in [1.54, 1.807) is 0 Å². The van der Waals surface area contributed by atoms with Gasteiger partial charge in [-0.1, -0.05) is 0 Å². The molecule has 0 amide bonds. The molecule has 0 aliphatic carbocycles. The fraction of sp³-hybridized carbons (Fsp3) is 0.867. The van der Waals surface area contributed by atoms with E-state index in [1.165, 1.54) is 11.4 Å². The summed E-state index contributed by atoms with van der Waals surface area (Å²) in [5, 5.41) is 3.25. The molecular weight excluding hydrogens is 332 g/mol. The van der Waals surface area contributed by atoms with Crippen molar-refractivity contribution < 1.29 is 17.9 Å². The van der Waals surface area contributed by atoms with Crippen molar-refractivity contribution in [3.05, 3.63) is 0 Å². The van der Waals surface area contributed by atoms with Crippen molar-refractivity contribution in [2.45, 2.75) is 26.2 Å². The van der Waals surface area contributed by atoms with E-state index in [0.717, 1.165) is 38.4 Å². The molecule has 2 aliphatic rings. The van der Waals surface area contributed by atoms with Crippen LogP contribution in [0.4, 0.5) is 0 Å². The molecule has 0 bridgehead atoms. The summed E-state index contributed by atoms with van der Waals surface area (Å²) in [6.45, 7) is 5.70. The van der Waals surface area contributed by atoms with Gasteiger partial charge in [0, 0.05) is 32.7 Å². The molecule has 8 nitrogen and oxygen atoms in total. The van der Waals surface area contributed by atoms with Gasteiger partial charge in [-0.3, -0.25) is 9.79 Å². The first-order valence-corrected chi connectivity index (χ1v) is 10.2. The first-order valence-electron chi connectivity index (χ1n) is 8.57. The second kappa shape index (κ2) is 8.66. The number of carbonyl (C=O) groups is 1. The van der Waals surface area contributed by atoms with Gasteiger partial charge in [0.15, 0.2) is 5.96 Å². The van der Waals surface area contributed by atoms with E-state index in [1.807, 2.05) is 6.92 Å². The molecule has 24 heavy (non-hydrogen) atoms. The summed E-state index contributed by atoms with van der Waals surface area (Å²) in [6.07, 6.45) is 2.20. The highest BCUT2D eigenvalue weighted by Crippen LogP contribution is 2.18. The number of hydrogen-bond donors (Lipinski definition) is 1. The number of carbonyl (C=O) groups excluding carboxylic acids is 1. The molecule has 0 radical (unpaired) electrons. The highest BCUT2D eigenvalue weighted by atomic mass is 32.2. The fourth-order valence-electron chi connectivity index (χ4n) is 3.13. The minimum Gasteiger partial charge on any atom is -0.469 e. The van der Waals surface area contributed by atoms with Crippen LogP contribution in [0.5, 0.6) is 0 Å². The molecule has 9 heteroatoms. The summed E-state index contributed by atoms with van der Waals surface area (Å²) < 4.78 is 29.9. The minimum absolute atomic E-state index is 0.0381. The molecule has 2 aliphatic heterocycles. The maximum absolute atomic E-state index is 11.8. The minimum atomic E-state index is -3.06. The van der Waals surface area contributed by atoms with Gasteiger partial charge >= 0.3 is 5.97 Å². The number of nitrogens with zero attached hydrogens (tertiary/aromatic N) is 3. The van der Waals surface area contributed by atoms with E-state index in [4.69, 9.17) is 4.74 Å². The van der Waals surface area contributed by atoms with E-state index in [9.17, 15) is 13.2 Å². The Hall–Kier alpha value is -1.35. The van der Waals surface area contributed by atoms with Crippen LogP contribution in [0, 0.1) is 5.92 Å². The van der Waals surface area contributed by atoms with Crippen LogP contribution in [0.25, 0.3) is 0 Å². The molecular formula is C15H28N4O4S. The van der Waals surface area contributed by atoms with E-state index < -0.39 is 10.0 Å². The Bertz CT molecular complexity index is 556. The number of piperidine rings is 1. The van der Waals surface area contributed by atoms with Gasteiger partial charge < -0.3 is 15.0 Å². The summed E-state index contributed by atoms with van der Waals surface area (Å²) in [4.78, 5) is 18.3. The highest BCUT2D eigenvalue weighted by Gasteiger charge is 2.28. The second-order valence-corrected chi connectivity index (χ2v) is 8.18. The molecule has 2 heterocycles. The van der Waals surface area contributed by atoms with Crippen LogP contribution >= 0.6 is 0 Å². The quantitative estimate of drug-likeness (QED) is 0.417. The number of nitrogens with one attached hydrogen (secondary N) is 1. The standard InChI is InChI=1S/C15H28N4O4S/c1-3-16-15(17-7-11-19-8-4-12-24(19,21)22)18-9-5-13(6-10-18)14(20)23-2/h13H,3-12H2,1-2H3,(H,16,17). The number of rotatable bonds is 5. The molecule has 2 saturated heterocycles. The molecule has 1 N–H and O–H groups in total. The Kier molecular flexibility index (Phi) is 6.85. The van der Waals surface area contributed by atoms with Gasteiger partial charge in [-0.25, -0.2) is 12.7 Å².